The van der Waals surface area contributed by atoms with Crippen LogP contribution in [0.3, 0.4) is 0 Å². The highest BCUT2D eigenvalue weighted by atomic mass is 16.5. The molecule has 2 fully saturated rings. The molecule has 60 heavy (non-hydrogen) atoms. The van der Waals surface area contributed by atoms with Crippen LogP contribution in [0.2, 0.25) is 0 Å². The van der Waals surface area contributed by atoms with E-state index in [4.69, 9.17) is 19.4 Å². The van der Waals surface area contributed by atoms with Crippen LogP contribution in [0.4, 0.5) is 9.59 Å². The molecule has 2 aliphatic rings. The van der Waals surface area contributed by atoms with E-state index >= 15 is 0 Å². The molecule has 318 valence electrons. The minimum absolute atomic E-state index is 0.0456. The van der Waals surface area contributed by atoms with Gasteiger partial charge in [0, 0.05) is 12.1 Å². The first-order valence-corrected chi connectivity index (χ1v) is 21.3. The predicted octanol–water partition coefficient (Wildman–Crippen LogP) is 8.42. The van der Waals surface area contributed by atoms with Gasteiger partial charge in [0.1, 0.15) is 23.7 Å². The first kappa shape index (κ1) is 42.2. The molecule has 0 bridgehead atoms. The number of amides is 4. The molecule has 6 atom stereocenters. The van der Waals surface area contributed by atoms with Crippen LogP contribution < -0.4 is 10.6 Å². The molecule has 14 heteroatoms. The molecule has 5 aromatic rings. The zero-order chi connectivity index (χ0) is 42.8. The van der Waals surface area contributed by atoms with Gasteiger partial charge in [0.25, 0.3) is 0 Å². The number of fused-ring (bicyclic) bond motifs is 2. The summed E-state index contributed by atoms with van der Waals surface area (Å²) in [7, 11) is 2.60. The second kappa shape index (κ2) is 17.7. The third-order valence-corrected chi connectivity index (χ3v) is 12.4. The Hall–Kier alpha value is -5.92. The highest BCUT2D eigenvalue weighted by Crippen LogP contribution is 2.40. The maximum absolute atomic E-state index is 14.0. The Labute approximate surface area is 351 Å². The fraction of sp³-hybridized carbons (Fsp3) is 0.478. The number of aromatic amines is 2. The van der Waals surface area contributed by atoms with E-state index in [-0.39, 0.29) is 47.8 Å². The number of nitrogens with one attached hydrogen (secondary N) is 4. The van der Waals surface area contributed by atoms with Gasteiger partial charge in [0.05, 0.1) is 48.4 Å². The molecule has 14 nitrogen and oxygen atoms in total. The first-order valence-electron chi connectivity index (χ1n) is 21.3. The lowest BCUT2D eigenvalue weighted by atomic mass is 10.00. The lowest BCUT2D eigenvalue weighted by molar-refractivity contribution is -0.138. The number of methoxy groups -OCH3 is 2. The number of rotatable bonds is 12. The second-order valence-corrected chi connectivity index (χ2v) is 16.8. The van der Waals surface area contributed by atoms with Crippen molar-refractivity contribution in [2.24, 2.45) is 11.8 Å². The Morgan fingerprint density at radius 3 is 1.32 bits per heavy atom. The van der Waals surface area contributed by atoms with Crippen molar-refractivity contribution < 1.29 is 28.7 Å². The van der Waals surface area contributed by atoms with Crippen LogP contribution in [0.1, 0.15) is 104 Å². The number of carbonyl (C=O) groups excluding carboxylic acids is 4. The summed E-state index contributed by atoms with van der Waals surface area (Å²) in [4.78, 5) is 73.1. The molecule has 0 radical (unpaired) electrons. The van der Waals surface area contributed by atoms with Crippen LogP contribution in [0.25, 0.3) is 44.3 Å². The van der Waals surface area contributed by atoms with Crippen molar-refractivity contribution in [1.29, 1.82) is 0 Å². The van der Waals surface area contributed by atoms with E-state index in [2.05, 4.69) is 83.0 Å². The summed E-state index contributed by atoms with van der Waals surface area (Å²) in [5, 5.41) is 5.51. The van der Waals surface area contributed by atoms with E-state index in [1.54, 1.807) is 0 Å². The van der Waals surface area contributed by atoms with Crippen molar-refractivity contribution in [3.8, 4) is 22.3 Å². The van der Waals surface area contributed by atoms with Gasteiger partial charge in [-0.25, -0.2) is 19.6 Å². The number of hydrogen-bond acceptors (Lipinski definition) is 8. The number of alkyl carbamates (subject to hydrolysis) is 2. The van der Waals surface area contributed by atoms with Gasteiger partial charge in [-0.05, 0) is 96.9 Å². The van der Waals surface area contributed by atoms with Crippen LogP contribution in [0.15, 0.2) is 60.7 Å². The van der Waals surface area contributed by atoms with Gasteiger partial charge in [-0.1, -0.05) is 77.9 Å². The largest absolute Gasteiger partial charge is 0.453 e. The van der Waals surface area contributed by atoms with Crippen molar-refractivity contribution in [1.82, 2.24) is 40.4 Å². The van der Waals surface area contributed by atoms with E-state index in [1.807, 2.05) is 49.6 Å². The van der Waals surface area contributed by atoms with Crippen LogP contribution in [-0.2, 0) is 19.1 Å². The quantitative estimate of drug-likeness (QED) is 0.0971. The van der Waals surface area contributed by atoms with Gasteiger partial charge >= 0.3 is 12.2 Å². The van der Waals surface area contributed by atoms with Gasteiger partial charge in [-0.15, -0.1) is 0 Å². The van der Waals surface area contributed by atoms with Gasteiger partial charge in [-0.2, -0.15) is 0 Å². The van der Waals surface area contributed by atoms with E-state index in [1.165, 1.54) is 14.2 Å². The van der Waals surface area contributed by atoms with Crippen LogP contribution >= 0.6 is 0 Å². The molecule has 0 saturated carbocycles. The zero-order valence-corrected chi connectivity index (χ0v) is 35.9. The van der Waals surface area contributed by atoms with Crippen molar-refractivity contribution in [3.05, 3.63) is 72.3 Å². The van der Waals surface area contributed by atoms with Crippen LogP contribution in [0.5, 0.6) is 0 Å². The predicted molar refractivity (Wildman–Crippen MR) is 231 cm³/mol. The Morgan fingerprint density at radius 1 is 0.617 bits per heavy atom. The van der Waals surface area contributed by atoms with Gasteiger partial charge in [-0.3, -0.25) is 9.59 Å². The Morgan fingerprint density at radius 2 is 0.983 bits per heavy atom. The number of aromatic nitrogens is 4. The summed E-state index contributed by atoms with van der Waals surface area (Å²) < 4.78 is 9.66. The maximum Gasteiger partial charge on any atom is 0.407 e. The molecule has 1 unspecified atom stereocenters. The summed E-state index contributed by atoms with van der Waals surface area (Å²) in [5.74, 6) is 0.998. The molecule has 0 aliphatic carbocycles. The molecular formula is C46H58N8O6. The van der Waals surface area contributed by atoms with Gasteiger partial charge < -0.3 is 39.9 Å². The van der Waals surface area contributed by atoms with Gasteiger partial charge in [0.15, 0.2) is 0 Å². The average Bonchev–Trinajstić information content (AvgIpc) is 4.07. The van der Waals surface area contributed by atoms with Crippen LogP contribution in [-0.4, -0.2) is 92.1 Å². The Bertz CT molecular complexity index is 2190. The Kier molecular flexibility index (Phi) is 12.5. The summed E-state index contributed by atoms with van der Waals surface area (Å²) >= 11 is 0. The van der Waals surface area contributed by atoms with Gasteiger partial charge in [0.2, 0.25) is 11.8 Å². The molecule has 2 saturated heterocycles. The van der Waals surface area contributed by atoms with Crippen molar-refractivity contribution in [2.75, 3.05) is 14.2 Å². The molecule has 0 spiro atoms. The van der Waals surface area contributed by atoms with Crippen LogP contribution in [0, 0.1) is 11.8 Å². The maximum atomic E-state index is 14.0. The van der Waals surface area contributed by atoms with E-state index in [0.717, 1.165) is 94.5 Å². The SMILES string of the molecule is CC[C@@H]1CC[C@@H](c2nc3ccc(-c4ccc(-c5ccc6nc([C@@H]7CC[C@@H](CC)N7C(=O)[C@@H](NC(=O)OC)C(C)C)[nH]c6c5)cc4)cc3[nH]2)N1C(=O)C(NC(=O)OC)C(C)C. The standard InChI is InChI=1S/C46H58N8O6/c1-9-31-17-21-37(53(31)43(55)39(25(3)4)51-45(57)59-7)41-47-33-19-15-29(23-35(33)49-41)27-11-13-28(14-12-27)30-16-20-34-36(24-30)50-42(48-34)38-22-18-32(10-2)54(38)44(56)40(26(5)6)52-46(58)60-8/h11-16,19-20,23-26,31-32,37-40H,9-10,17-18,21-22H2,1-8H3,(H,47,49)(H,48,50)(H,51,57)(H,52,58)/t31-,32-,37+,38+,39+,40?/m1/s1. The Balaban J connectivity index is 1.09. The molecule has 3 aromatic carbocycles. The number of benzene rings is 3. The molecule has 7 rings (SSSR count). The molecule has 4 amide bonds. The molecule has 2 aromatic heterocycles. The second-order valence-electron chi connectivity index (χ2n) is 16.8. The normalized spacial score (nSPS) is 20.2. The topological polar surface area (TPSA) is 175 Å². The minimum Gasteiger partial charge on any atom is -0.453 e. The summed E-state index contributed by atoms with van der Waals surface area (Å²) in [6, 6.07) is 19.0. The van der Waals surface area contributed by atoms with Crippen molar-refractivity contribution in [3.63, 3.8) is 0 Å². The first-order chi connectivity index (χ1) is 28.8. The number of H-pyrrole nitrogens is 2. The van der Waals surface area contributed by atoms with Crippen molar-refractivity contribution >= 4 is 46.1 Å². The number of carbonyl (C=O) groups is 4. The third-order valence-electron chi connectivity index (χ3n) is 12.4. The number of likely N-dealkylation sites (tertiary alicyclic amines) is 2. The number of nitrogens with zero attached hydrogens (tertiary/aromatic N) is 4. The average molecular weight is 819 g/mol. The fourth-order valence-corrected chi connectivity index (χ4v) is 9.08. The van der Waals surface area contributed by atoms with Crippen molar-refractivity contribution in [2.45, 2.75) is 116 Å². The summed E-state index contributed by atoms with van der Waals surface area (Å²) in [6.45, 7) is 11.8. The monoisotopic (exact) mass is 818 g/mol. The molecule has 4 heterocycles. The minimum atomic E-state index is -0.708. The summed E-state index contributed by atoms with van der Waals surface area (Å²) in [5.41, 5.74) is 7.60. The number of ether oxygens (including phenoxy) is 2. The number of hydrogen-bond donors (Lipinski definition) is 4. The highest BCUT2D eigenvalue weighted by Gasteiger charge is 2.43. The van der Waals surface area contributed by atoms with E-state index in [9.17, 15) is 19.2 Å². The molecule has 2 aliphatic heterocycles. The zero-order valence-electron chi connectivity index (χ0n) is 35.9. The highest BCUT2D eigenvalue weighted by molar-refractivity contribution is 5.89. The lowest BCUT2D eigenvalue weighted by Gasteiger charge is -2.33. The third kappa shape index (κ3) is 8.28. The molecule has 4 N–H and O–H groups in total. The molecular weight excluding hydrogens is 761 g/mol. The summed E-state index contributed by atoms with van der Waals surface area (Å²) in [6.07, 6.45) is 3.64. The fourth-order valence-electron chi connectivity index (χ4n) is 9.08. The lowest BCUT2D eigenvalue weighted by Crippen LogP contribution is -2.53. The van der Waals surface area contributed by atoms with E-state index < -0.39 is 24.3 Å². The smallest absolute Gasteiger partial charge is 0.407 e. The number of imidazole rings is 2. The van der Waals surface area contributed by atoms with E-state index in [0.29, 0.717) is 0 Å².